The van der Waals surface area contributed by atoms with Gasteiger partial charge in [0.2, 0.25) is 0 Å². The Morgan fingerprint density at radius 2 is 2.04 bits per heavy atom. The van der Waals surface area contributed by atoms with E-state index in [1.54, 1.807) is 11.9 Å². The third kappa shape index (κ3) is 4.23. The van der Waals surface area contributed by atoms with Gasteiger partial charge in [-0.3, -0.25) is 0 Å². The van der Waals surface area contributed by atoms with Gasteiger partial charge >= 0.3 is 6.09 Å². The summed E-state index contributed by atoms with van der Waals surface area (Å²) in [5.41, 5.74) is 0.957. The van der Waals surface area contributed by atoms with Crippen molar-refractivity contribution in [3.05, 3.63) is 54.2 Å². The zero-order valence-corrected chi connectivity index (χ0v) is 14.1. The van der Waals surface area contributed by atoms with E-state index in [-0.39, 0.29) is 18.7 Å². The van der Waals surface area contributed by atoms with E-state index < -0.39 is 5.82 Å². The van der Waals surface area contributed by atoms with Crippen LogP contribution in [0.3, 0.4) is 0 Å². The van der Waals surface area contributed by atoms with Crippen molar-refractivity contribution in [2.75, 3.05) is 25.0 Å². The highest BCUT2D eigenvalue weighted by Gasteiger charge is 2.27. The molecule has 0 spiro atoms. The van der Waals surface area contributed by atoms with Crippen LogP contribution in [0.5, 0.6) is 0 Å². The van der Waals surface area contributed by atoms with Crippen LogP contribution in [0.25, 0.3) is 0 Å². The van der Waals surface area contributed by atoms with Crippen molar-refractivity contribution >= 4 is 11.9 Å². The smallest absolute Gasteiger partial charge is 0.410 e. The van der Waals surface area contributed by atoms with Crippen molar-refractivity contribution in [1.29, 1.82) is 0 Å². The van der Waals surface area contributed by atoms with E-state index in [1.165, 1.54) is 12.5 Å². The summed E-state index contributed by atoms with van der Waals surface area (Å²) in [6, 6.07) is 9.66. The van der Waals surface area contributed by atoms with E-state index in [0.29, 0.717) is 18.9 Å². The van der Waals surface area contributed by atoms with Gasteiger partial charge in [0, 0.05) is 26.2 Å². The maximum Gasteiger partial charge on any atom is 0.410 e. The number of amides is 1. The summed E-state index contributed by atoms with van der Waals surface area (Å²) in [7, 11) is 1.75. The molecule has 132 valence electrons. The van der Waals surface area contributed by atoms with Crippen LogP contribution in [-0.2, 0) is 11.3 Å². The van der Waals surface area contributed by atoms with Gasteiger partial charge in [-0.25, -0.2) is 19.2 Å². The number of carbonyl (C=O) groups excluding carboxylic acids is 1. The molecule has 1 saturated heterocycles. The summed E-state index contributed by atoms with van der Waals surface area (Å²) in [6.07, 6.45) is 3.65. The lowest BCUT2D eigenvalue weighted by molar-refractivity contribution is 0.0862. The Kier molecular flexibility index (Phi) is 5.42. The quantitative estimate of drug-likeness (QED) is 0.854. The van der Waals surface area contributed by atoms with Crippen molar-refractivity contribution in [2.45, 2.75) is 25.5 Å². The van der Waals surface area contributed by atoms with Gasteiger partial charge < -0.3 is 14.5 Å². The van der Waals surface area contributed by atoms with Gasteiger partial charge in [-0.05, 0) is 18.4 Å². The fourth-order valence-electron chi connectivity index (χ4n) is 2.97. The largest absolute Gasteiger partial charge is 0.445 e. The highest BCUT2D eigenvalue weighted by Crippen LogP contribution is 2.22. The molecule has 0 aliphatic carbocycles. The standard InChI is InChI=1S/C18H21FN4O2/c1-22(18(24)25-12-14-5-3-2-4-6-14)15-7-9-23(10-8-15)17-16(19)11-20-13-21-17/h2-6,11,13,15H,7-10,12H2,1H3. The Hall–Kier alpha value is -2.70. The molecule has 25 heavy (non-hydrogen) atoms. The molecule has 2 aromatic rings. The van der Waals surface area contributed by atoms with Crippen molar-refractivity contribution in [3.8, 4) is 0 Å². The van der Waals surface area contributed by atoms with Gasteiger partial charge in [0.25, 0.3) is 0 Å². The average molecular weight is 344 g/mol. The van der Waals surface area contributed by atoms with Crippen LogP contribution >= 0.6 is 0 Å². The minimum atomic E-state index is -0.420. The second-order valence-electron chi connectivity index (χ2n) is 6.06. The van der Waals surface area contributed by atoms with Crippen LogP contribution in [0.4, 0.5) is 15.0 Å². The Balaban J connectivity index is 1.50. The number of ether oxygens (including phenoxy) is 1. The molecule has 0 unspecified atom stereocenters. The minimum absolute atomic E-state index is 0.0735. The molecule has 1 aromatic heterocycles. The Labute approximate surface area is 146 Å². The number of benzene rings is 1. The zero-order chi connectivity index (χ0) is 17.6. The zero-order valence-electron chi connectivity index (χ0n) is 14.1. The van der Waals surface area contributed by atoms with Crippen LogP contribution in [-0.4, -0.2) is 47.1 Å². The Morgan fingerprint density at radius 3 is 2.72 bits per heavy atom. The topological polar surface area (TPSA) is 58.6 Å². The number of piperidine rings is 1. The van der Waals surface area contributed by atoms with Crippen molar-refractivity contribution in [2.24, 2.45) is 0 Å². The molecule has 6 nitrogen and oxygen atoms in total. The predicted molar refractivity (Wildman–Crippen MR) is 91.6 cm³/mol. The first-order valence-corrected chi connectivity index (χ1v) is 8.29. The number of nitrogens with zero attached hydrogens (tertiary/aromatic N) is 4. The lowest BCUT2D eigenvalue weighted by Crippen LogP contribution is -2.46. The number of rotatable bonds is 4. The molecular weight excluding hydrogens is 323 g/mol. The van der Waals surface area contributed by atoms with Gasteiger partial charge in [0.05, 0.1) is 6.20 Å². The highest BCUT2D eigenvalue weighted by atomic mass is 19.1. The van der Waals surface area contributed by atoms with Crippen LogP contribution in [0, 0.1) is 5.82 Å². The van der Waals surface area contributed by atoms with Crippen molar-refractivity contribution < 1.29 is 13.9 Å². The molecule has 1 aromatic carbocycles. The summed E-state index contributed by atoms with van der Waals surface area (Å²) in [5.74, 6) is -0.0978. The summed E-state index contributed by atoms with van der Waals surface area (Å²) in [4.78, 5) is 23.4. The first-order chi connectivity index (χ1) is 12.1. The van der Waals surface area contributed by atoms with Gasteiger partial charge in [-0.2, -0.15) is 0 Å². The van der Waals surface area contributed by atoms with E-state index in [2.05, 4.69) is 9.97 Å². The molecule has 1 aliphatic heterocycles. The Bertz CT molecular complexity index is 705. The SMILES string of the molecule is CN(C(=O)OCc1ccccc1)C1CCN(c2ncncc2F)CC1. The van der Waals surface area contributed by atoms with Crippen molar-refractivity contribution in [3.63, 3.8) is 0 Å². The van der Waals surface area contributed by atoms with Crippen LogP contribution < -0.4 is 4.90 Å². The first kappa shape index (κ1) is 17.1. The molecule has 2 heterocycles. The van der Waals surface area contributed by atoms with Crippen LogP contribution in [0.15, 0.2) is 42.9 Å². The number of hydrogen-bond donors (Lipinski definition) is 0. The van der Waals surface area contributed by atoms with Crippen molar-refractivity contribution in [1.82, 2.24) is 14.9 Å². The molecule has 1 fully saturated rings. The number of halogens is 1. The summed E-state index contributed by atoms with van der Waals surface area (Å²) in [5, 5.41) is 0. The van der Waals surface area contributed by atoms with E-state index >= 15 is 0 Å². The van der Waals surface area contributed by atoms with Gasteiger partial charge in [0.1, 0.15) is 12.9 Å². The summed E-state index contributed by atoms with van der Waals surface area (Å²) in [6.45, 7) is 1.53. The monoisotopic (exact) mass is 344 g/mol. The second-order valence-corrected chi connectivity index (χ2v) is 6.06. The first-order valence-electron chi connectivity index (χ1n) is 8.29. The summed E-state index contributed by atoms with van der Waals surface area (Å²) < 4.78 is 19.1. The van der Waals surface area contributed by atoms with E-state index in [4.69, 9.17) is 4.74 Å². The lowest BCUT2D eigenvalue weighted by atomic mass is 10.0. The number of anilines is 1. The molecule has 0 atom stereocenters. The van der Waals surface area contributed by atoms with Crippen LogP contribution in [0.2, 0.25) is 0 Å². The summed E-state index contributed by atoms with van der Waals surface area (Å²) >= 11 is 0. The maximum atomic E-state index is 13.8. The van der Waals surface area contributed by atoms with Gasteiger partial charge in [-0.1, -0.05) is 30.3 Å². The van der Waals surface area contributed by atoms with Gasteiger partial charge in [0.15, 0.2) is 11.6 Å². The third-order valence-corrected chi connectivity index (χ3v) is 4.45. The number of carbonyl (C=O) groups is 1. The molecule has 1 aliphatic rings. The highest BCUT2D eigenvalue weighted by molar-refractivity contribution is 5.67. The van der Waals surface area contributed by atoms with E-state index in [9.17, 15) is 9.18 Å². The third-order valence-electron chi connectivity index (χ3n) is 4.45. The molecule has 0 saturated carbocycles. The molecule has 0 bridgehead atoms. The molecular formula is C18H21FN4O2. The number of hydrogen-bond acceptors (Lipinski definition) is 5. The van der Waals surface area contributed by atoms with Crippen LogP contribution in [0.1, 0.15) is 18.4 Å². The molecule has 3 rings (SSSR count). The fraction of sp³-hybridized carbons (Fsp3) is 0.389. The molecule has 0 N–H and O–H groups in total. The maximum absolute atomic E-state index is 13.8. The van der Waals surface area contributed by atoms with Gasteiger partial charge in [-0.15, -0.1) is 0 Å². The molecule has 0 radical (unpaired) electrons. The average Bonchev–Trinajstić information content (AvgIpc) is 2.67. The molecule has 7 heteroatoms. The minimum Gasteiger partial charge on any atom is -0.445 e. The second kappa shape index (κ2) is 7.92. The molecule has 1 amide bonds. The predicted octanol–water partition coefficient (Wildman–Crippen LogP) is 2.85. The Morgan fingerprint density at radius 1 is 1.32 bits per heavy atom. The van der Waals surface area contributed by atoms with E-state index in [1.807, 2.05) is 35.2 Å². The van der Waals surface area contributed by atoms with E-state index in [0.717, 1.165) is 18.4 Å². The normalized spacial score (nSPS) is 15.0. The fourth-order valence-corrected chi connectivity index (χ4v) is 2.97. The lowest BCUT2D eigenvalue weighted by Gasteiger charge is -2.36. The number of aromatic nitrogens is 2.